The number of hydrogen-bond acceptors (Lipinski definition) is 26. The molecule has 6 atom stereocenters. The molecule has 0 aliphatic carbocycles. The fourth-order valence-corrected chi connectivity index (χ4v) is 18.5. The highest BCUT2D eigenvalue weighted by Crippen LogP contribution is 2.38. The number of rotatable bonds is 50. The third kappa shape index (κ3) is 42.9. The number of carboxylic acids is 4. The second-order valence-electron chi connectivity index (χ2n) is 25.7. The largest absolute Gasteiger partial charge is 0.501 e. The number of nitrogens with one attached hydrogen (secondary N) is 1. The summed E-state index contributed by atoms with van der Waals surface area (Å²) in [5.74, 6) is -5.03. The summed E-state index contributed by atoms with van der Waals surface area (Å²) in [6.07, 6.45) is 6.78. The highest BCUT2D eigenvalue weighted by molar-refractivity contribution is 6.61. The predicted octanol–water partition coefficient (Wildman–Crippen LogP) is 10.5. The topological polar surface area (TPSA) is 347 Å². The van der Waals surface area contributed by atoms with Crippen molar-refractivity contribution in [3.63, 3.8) is 0 Å². The lowest BCUT2D eigenvalue weighted by molar-refractivity contribution is -0.111. The molecule has 6 unspecified atom stereocenters. The molecule has 0 spiro atoms. The first-order valence-electron chi connectivity index (χ1n) is 36.2. The Hall–Kier alpha value is -4.51. The number of aliphatic hydroxyl groups is 1. The highest BCUT2D eigenvalue weighted by Gasteiger charge is 2.54. The zero-order chi connectivity index (χ0) is 72.9. The van der Waals surface area contributed by atoms with Crippen LogP contribution in [-0.2, 0) is 50.2 Å². The van der Waals surface area contributed by atoms with Crippen LogP contribution in [0.15, 0.2) is 24.3 Å². The van der Waals surface area contributed by atoms with Crippen molar-refractivity contribution in [1.29, 1.82) is 0 Å². The molecule has 7 rings (SSSR count). The smallest absolute Gasteiger partial charge is 0.491 e. The van der Waals surface area contributed by atoms with Gasteiger partial charge in [-0.3, -0.25) is 4.90 Å². The molecule has 5 fully saturated rings. The molecule has 6 N–H and O–H groups in total. The van der Waals surface area contributed by atoms with Crippen LogP contribution in [0, 0.1) is 0 Å². The average molecular weight is 1590 g/mol. The van der Waals surface area contributed by atoms with E-state index in [1.807, 2.05) is 0 Å². The zero-order valence-corrected chi connectivity index (χ0v) is 63.2. The van der Waals surface area contributed by atoms with E-state index in [9.17, 15) is 24.3 Å². The summed E-state index contributed by atoms with van der Waals surface area (Å²) < 4.78 is 75.7. The minimum Gasteiger partial charge on any atom is -0.491 e. The molecule has 7 heterocycles. The maximum atomic E-state index is 11.2. The summed E-state index contributed by atoms with van der Waals surface area (Å²) in [6, 6.07) is 6.38. The second-order valence-corrected chi connectivity index (χ2v) is 30.9. The van der Waals surface area contributed by atoms with Crippen LogP contribution in [0.2, 0.25) is 12.1 Å². The van der Waals surface area contributed by atoms with Gasteiger partial charge in [0.15, 0.2) is 22.8 Å². The maximum Gasteiger partial charge on any atom is 0.501 e. The lowest BCUT2D eigenvalue weighted by Crippen LogP contribution is -2.60. The van der Waals surface area contributed by atoms with Gasteiger partial charge in [0.05, 0.1) is 64.6 Å². The molecule has 32 heteroatoms. The quantitative estimate of drug-likeness (QED) is 0.0204. The molecule has 0 amide bonds. The number of nitrogens with zero attached hydrogens (tertiary/aromatic N) is 7. The number of likely N-dealkylation sites (N-methyl/N-ethyl adjacent to an activating group) is 6. The summed E-state index contributed by atoms with van der Waals surface area (Å²) in [6.45, 7) is 41.6. The Bertz CT molecular complexity index is 2570. The summed E-state index contributed by atoms with van der Waals surface area (Å²) in [5.41, 5.74) is -1.53. The first-order valence-corrected chi connectivity index (χ1v) is 40.1. The van der Waals surface area contributed by atoms with E-state index in [-0.39, 0.29) is 133 Å². The van der Waals surface area contributed by atoms with E-state index >= 15 is 0 Å². The molecule has 0 radical (unpaired) electrons. The van der Waals surface area contributed by atoms with Crippen LogP contribution < -0.4 is 14.8 Å². The lowest BCUT2D eigenvalue weighted by Gasteiger charge is -2.47. The first kappa shape index (κ1) is 110. The minimum absolute atomic E-state index is 0. The molecule has 5 aliphatic heterocycles. The first-order chi connectivity index (χ1) is 48.0. The molecule has 2 aromatic rings. The van der Waals surface area contributed by atoms with Gasteiger partial charge in [0.25, 0.3) is 0 Å². The fourth-order valence-electron chi connectivity index (χ4n) is 12.0. The third-order valence-electron chi connectivity index (χ3n) is 17.5. The number of hydrogen-bond donors (Lipinski definition) is 6. The molecule has 108 heavy (non-hydrogen) atoms. The van der Waals surface area contributed by atoms with E-state index in [1.165, 1.54) is 24.3 Å². The van der Waals surface area contributed by atoms with E-state index in [0.29, 0.717) is 58.4 Å². The van der Waals surface area contributed by atoms with Crippen LogP contribution in [0.25, 0.3) is 0 Å². The standard InChI is InChI=1S/C34H60N4O11Si.C21H36N4O6.C13H24O5Si.8CH4/c1-6-36(10-11-37(7-2)14-16-44-17-18-46-29-22-31(33(40)41)35-32(23-29)34(42)43)12-13-38(8-3)24-28(39)25-45-15-9-19-50-47-26(4)20-30(49-50)21-27(5)48-50;1-4-22-7-8-24(5-2)9-10-25(6-3)11-12-30-13-14-31-17-15-18(20(26)27)23-19(16-17)21(28)29;1-10-6-12-7-11(2)17-19(16-10,18-12)5-3-4-14-8-13-9-15-13;;;;;;;;/h22-23,26-28,30,39H,6-21,24-25H2,1-5H3,(H,40,41)(H,42,43);15-16,22H,4-14H2,1-3H3,(H,26,27)(H,28,29);10-13H,3-9H2,1-2H3;8*1H4. The number of aliphatic hydroxyl groups excluding tert-OH is 1. The van der Waals surface area contributed by atoms with Crippen molar-refractivity contribution in [2.45, 2.75) is 228 Å². The molecule has 636 valence electrons. The van der Waals surface area contributed by atoms with Crippen LogP contribution >= 0.6 is 0 Å². The summed E-state index contributed by atoms with van der Waals surface area (Å²) in [5, 5.41) is 50.4. The van der Waals surface area contributed by atoms with Gasteiger partial charge in [-0.2, -0.15) is 0 Å². The molecule has 0 saturated carbocycles. The van der Waals surface area contributed by atoms with Crippen molar-refractivity contribution >= 4 is 41.5 Å². The van der Waals surface area contributed by atoms with Gasteiger partial charge in [-0.05, 0) is 105 Å². The molecule has 5 aliphatic rings. The molecule has 4 bridgehead atoms. The van der Waals surface area contributed by atoms with Gasteiger partial charge >= 0.3 is 41.5 Å². The van der Waals surface area contributed by atoms with Gasteiger partial charge < -0.3 is 110 Å². The van der Waals surface area contributed by atoms with Crippen LogP contribution in [0.3, 0.4) is 0 Å². The van der Waals surface area contributed by atoms with E-state index in [1.54, 1.807) is 0 Å². The van der Waals surface area contributed by atoms with E-state index in [4.69, 9.17) is 80.1 Å². The van der Waals surface area contributed by atoms with Gasteiger partial charge in [-0.25, -0.2) is 29.1 Å². The number of ether oxygens (including phenoxy) is 7. The fraction of sp³-hybridized carbons (Fsp3) is 0.816. The molecular weight excluding hydrogens is 1430 g/mol. The number of carboxylic acid groups (broad SMARTS) is 4. The van der Waals surface area contributed by atoms with Gasteiger partial charge in [0.2, 0.25) is 0 Å². The van der Waals surface area contributed by atoms with Crippen LogP contribution in [0.1, 0.15) is 209 Å². The van der Waals surface area contributed by atoms with Crippen molar-refractivity contribution < 1.29 is 104 Å². The Kier molecular flexibility index (Phi) is 61.2. The Morgan fingerprint density at radius 2 is 0.796 bits per heavy atom. The predicted molar refractivity (Wildman–Crippen MR) is 430 cm³/mol. The Morgan fingerprint density at radius 3 is 1.13 bits per heavy atom. The Labute approximate surface area is 653 Å². The Balaban J connectivity index is -0.000000798. The molecule has 30 nitrogen and oxygen atoms in total. The van der Waals surface area contributed by atoms with E-state index in [0.717, 1.165) is 169 Å². The van der Waals surface area contributed by atoms with Crippen molar-refractivity contribution in [1.82, 2.24) is 39.8 Å². The average Bonchev–Trinajstić information content (AvgIpc) is 1.74. The van der Waals surface area contributed by atoms with E-state index in [2.05, 4.69) is 109 Å². The maximum absolute atomic E-state index is 11.2. The zero-order valence-electron chi connectivity index (χ0n) is 61.2. The molecular formula is C76H152N8O22Si2. The number of epoxide rings is 1. The van der Waals surface area contributed by atoms with Gasteiger partial charge in [-0.1, -0.05) is 101 Å². The molecule has 0 aromatic carbocycles. The van der Waals surface area contributed by atoms with Crippen LogP contribution in [-0.4, -0.2) is 334 Å². The monoisotopic (exact) mass is 1590 g/mol. The minimum atomic E-state index is -2.64. The van der Waals surface area contributed by atoms with Crippen molar-refractivity contribution in [2.24, 2.45) is 0 Å². The summed E-state index contributed by atoms with van der Waals surface area (Å²) >= 11 is 0. The van der Waals surface area contributed by atoms with Crippen molar-refractivity contribution in [3.05, 3.63) is 47.0 Å². The van der Waals surface area contributed by atoms with E-state index < -0.39 is 59.0 Å². The molecule has 2 aromatic heterocycles. The van der Waals surface area contributed by atoms with Crippen molar-refractivity contribution in [2.75, 3.05) is 184 Å². The summed E-state index contributed by atoms with van der Waals surface area (Å²) in [7, 11) is -5.07. The van der Waals surface area contributed by atoms with Crippen LogP contribution in [0.5, 0.6) is 11.5 Å². The SMILES string of the molecule is C.C.C.C.C.C.C.C.CC1CC2CC(C)O[Si](CCCOCC3CO3)(O1)O2.CCN(CCOCCOc1cc(C(=O)O)nc(C(=O)O)c1)CCN(CC)CCN(CC)CC(O)COCCC[Si]12OC(C)CC(CC(C)O1)O2.CCNCCN(CC)CCN(CC)CCOCCOc1cc(C(=O)O)nc(C(=O)O)c1. The number of aromatic nitrogens is 2. The van der Waals surface area contributed by atoms with Gasteiger partial charge in [-0.15, -0.1) is 0 Å². The number of pyridine rings is 2. The third-order valence-corrected chi connectivity index (χ3v) is 23.8. The number of fused-ring (bicyclic) bond motifs is 4. The highest BCUT2D eigenvalue weighted by atomic mass is 28.4. The lowest BCUT2D eigenvalue weighted by atomic mass is 10.1. The van der Waals surface area contributed by atoms with Gasteiger partial charge in [0.1, 0.15) is 30.8 Å². The Morgan fingerprint density at radius 1 is 0.463 bits per heavy atom. The summed E-state index contributed by atoms with van der Waals surface area (Å²) in [4.78, 5) is 63.5. The number of aromatic carboxylic acids is 4. The van der Waals surface area contributed by atoms with Gasteiger partial charge in [0, 0.05) is 146 Å². The normalized spacial score (nSPS) is 21.7. The number of carbonyl (C=O) groups is 4. The van der Waals surface area contributed by atoms with Crippen molar-refractivity contribution in [3.8, 4) is 11.5 Å². The molecule has 5 saturated heterocycles. The van der Waals surface area contributed by atoms with Crippen LogP contribution in [0.4, 0.5) is 0 Å². The second kappa shape index (κ2) is 60.1.